The summed E-state index contributed by atoms with van der Waals surface area (Å²) in [7, 11) is -2.49. The number of nitrogens with two attached hydrogens (primary N) is 1. The Labute approximate surface area is 118 Å². The molecule has 9 heteroatoms. The molecule has 0 aliphatic heterocycles. The Bertz CT molecular complexity index is 581. The molecule has 0 fully saturated rings. The van der Waals surface area contributed by atoms with E-state index in [9.17, 15) is 13.2 Å². The predicted octanol–water partition coefficient (Wildman–Crippen LogP) is -0.137. The van der Waals surface area contributed by atoms with E-state index in [4.69, 9.17) is 9.88 Å². The van der Waals surface area contributed by atoms with E-state index in [1.54, 1.807) is 13.8 Å². The maximum absolute atomic E-state index is 12.4. The Morgan fingerprint density at radius 3 is 2.60 bits per heavy atom. The lowest BCUT2D eigenvalue weighted by Gasteiger charge is -2.27. The van der Waals surface area contributed by atoms with Gasteiger partial charge in [-0.25, -0.2) is 13.6 Å². The van der Waals surface area contributed by atoms with Gasteiger partial charge in [0.2, 0.25) is 10.0 Å². The topological polar surface area (TPSA) is 118 Å². The number of carbonyl (C=O) groups is 1. The molecule has 0 saturated heterocycles. The highest BCUT2D eigenvalue weighted by atomic mass is 32.2. The first-order valence-electron chi connectivity index (χ1n) is 6.11. The number of amides is 1. The summed E-state index contributed by atoms with van der Waals surface area (Å²) >= 11 is 0. The minimum absolute atomic E-state index is 0.185. The average molecular weight is 304 g/mol. The van der Waals surface area contributed by atoms with E-state index in [0.717, 1.165) is 0 Å². The maximum atomic E-state index is 12.4. The number of nitrogens with zero attached hydrogens (tertiary/aromatic N) is 2. The van der Waals surface area contributed by atoms with Gasteiger partial charge in [0, 0.05) is 13.7 Å². The monoisotopic (exact) mass is 304 g/mol. The number of hydrogen-bond acceptors (Lipinski definition) is 5. The number of likely N-dealkylation sites (N-methyl/N-ethyl adjacent to an activating group) is 1. The van der Waals surface area contributed by atoms with Crippen LogP contribution >= 0.6 is 0 Å². The van der Waals surface area contributed by atoms with Gasteiger partial charge in [-0.1, -0.05) is 0 Å². The van der Waals surface area contributed by atoms with Crippen molar-refractivity contribution in [3.8, 4) is 0 Å². The summed E-state index contributed by atoms with van der Waals surface area (Å²) in [5.74, 6) is -0.495. The van der Waals surface area contributed by atoms with Crippen LogP contribution in [0.3, 0.4) is 0 Å². The average Bonchev–Trinajstić information content (AvgIpc) is 2.72. The SMILES string of the molecule is CCN(C(=O)c1n[nH]c(C)c1S(N)(=O)=O)C(C)COC. The van der Waals surface area contributed by atoms with E-state index < -0.39 is 15.9 Å². The maximum Gasteiger partial charge on any atom is 0.276 e. The lowest BCUT2D eigenvalue weighted by molar-refractivity contribution is 0.0570. The quantitative estimate of drug-likeness (QED) is 0.758. The summed E-state index contributed by atoms with van der Waals surface area (Å²) in [6, 6.07) is -0.206. The van der Waals surface area contributed by atoms with Crippen LogP contribution < -0.4 is 5.14 Å². The van der Waals surface area contributed by atoms with E-state index in [1.165, 1.54) is 18.9 Å². The number of nitrogens with one attached hydrogen (secondary N) is 1. The fourth-order valence-electron chi connectivity index (χ4n) is 2.03. The molecule has 1 atom stereocenters. The molecule has 0 aliphatic rings. The zero-order chi connectivity index (χ0) is 15.5. The number of carbonyl (C=O) groups excluding carboxylic acids is 1. The number of hydrogen-bond donors (Lipinski definition) is 2. The predicted molar refractivity (Wildman–Crippen MR) is 72.7 cm³/mol. The highest BCUT2D eigenvalue weighted by Gasteiger charge is 2.30. The molecule has 1 aromatic heterocycles. The Hall–Kier alpha value is -1.45. The molecular formula is C11H20N4O4S. The fourth-order valence-corrected chi connectivity index (χ4v) is 2.91. The molecule has 0 aromatic carbocycles. The molecule has 0 bridgehead atoms. The third-order valence-corrected chi connectivity index (χ3v) is 3.99. The number of aromatic amines is 1. The minimum atomic E-state index is -4.02. The van der Waals surface area contributed by atoms with Crippen LogP contribution in [-0.4, -0.2) is 55.7 Å². The number of H-pyrrole nitrogens is 1. The molecule has 0 saturated carbocycles. The number of methoxy groups -OCH3 is 1. The molecule has 0 aliphatic carbocycles. The Balaban J connectivity index is 3.21. The summed E-state index contributed by atoms with van der Waals surface area (Å²) in [5.41, 5.74) is 0.0566. The lowest BCUT2D eigenvalue weighted by atomic mass is 10.2. The second-order valence-electron chi connectivity index (χ2n) is 4.47. The van der Waals surface area contributed by atoms with Crippen molar-refractivity contribution in [1.82, 2.24) is 15.1 Å². The molecule has 0 radical (unpaired) electrons. The molecule has 114 valence electrons. The number of aromatic nitrogens is 2. The first-order valence-corrected chi connectivity index (χ1v) is 7.66. The fraction of sp³-hybridized carbons (Fsp3) is 0.636. The summed E-state index contributed by atoms with van der Waals surface area (Å²) in [6.45, 7) is 5.84. The van der Waals surface area contributed by atoms with E-state index >= 15 is 0 Å². The highest BCUT2D eigenvalue weighted by molar-refractivity contribution is 7.89. The smallest absolute Gasteiger partial charge is 0.276 e. The van der Waals surface area contributed by atoms with Crippen molar-refractivity contribution in [1.29, 1.82) is 0 Å². The van der Waals surface area contributed by atoms with Gasteiger partial charge in [0.1, 0.15) is 4.90 Å². The lowest BCUT2D eigenvalue weighted by Crippen LogP contribution is -2.41. The third-order valence-electron chi connectivity index (χ3n) is 2.92. The number of sulfonamides is 1. The number of ether oxygens (including phenoxy) is 1. The van der Waals surface area contributed by atoms with Crippen LogP contribution in [0.15, 0.2) is 4.90 Å². The Kier molecular flexibility index (Phi) is 5.26. The van der Waals surface area contributed by atoms with E-state index in [2.05, 4.69) is 10.2 Å². The van der Waals surface area contributed by atoms with Gasteiger partial charge in [0.25, 0.3) is 5.91 Å². The van der Waals surface area contributed by atoms with Crippen molar-refractivity contribution in [3.63, 3.8) is 0 Å². The normalized spacial score (nSPS) is 13.2. The number of rotatable bonds is 6. The van der Waals surface area contributed by atoms with Gasteiger partial charge in [-0.05, 0) is 20.8 Å². The first kappa shape index (κ1) is 16.6. The van der Waals surface area contributed by atoms with E-state index in [-0.39, 0.29) is 22.3 Å². The summed E-state index contributed by atoms with van der Waals surface area (Å²) < 4.78 is 28.1. The molecule has 1 heterocycles. The largest absolute Gasteiger partial charge is 0.383 e. The highest BCUT2D eigenvalue weighted by Crippen LogP contribution is 2.18. The van der Waals surface area contributed by atoms with Gasteiger partial charge in [0.15, 0.2) is 5.69 Å². The van der Waals surface area contributed by atoms with Crippen molar-refractivity contribution in [2.45, 2.75) is 31.7 Å². The summed E-state index contributed by atoms with van der Waals surface area (Å²) in [6.07, 6.45) is 0. The zero-order valence-corrected chi connectivity index (χ0v) is 12.8. The molecular weight excluding hydrogens is 284 g/mol. The van der Waals surface area contributed by atoms with Crippen LogP contribution in [0.1, 0.15) is 30.0 Å². The van der Waals surface area contributed by atoms with Crippen molar-refractivity contribution in [2.75, 3.05) is 20.3 Å². The van der Waals surface area contributed by atoms with Crippen molar-refractivity contribution < 1.29 is 17.9 Å². The van der Waals surface area contributed by atoms with Crippen LogP contribution in [0, 0.1) is 6.92 Å². The van der Waals surface area contributed by atoms with Gasteiger partial charge >= 0.3 is 0 Å². The molecule has 0 spiro atoms. The van der Waals surface area contributed by atoms with E-state index in [1.807, 2.05) is 0 Å². The van der Waals surface area contributed by atoms with Crippen molar-refractivity contribution in [3.05, 3.63) is 11.4 Å². The molecule has 1 aromatic rings. The molecule has 1 amide bonds. The van der Waals surface area contributed by atoms with Crippen LogP contribution in [0.25, 0.3) is 0 Å². The van der Waals surface area contributed by atoms with Gasteiger partial charge in [0.05, 0.1) is 18.3 Å². The Morgan fingerprint density at radius 2 is 2.15 bits per heavy atom. The van der Waals surface area contributed by atoms with Crippen LogP contribution in [0.2, 0.25) is 0 Å². The van der Waals surface area contributed by atoms with E-state index in [0.29, 0.717) is 13.2 Å². The third kappa shape index (κ3) is 3.35. The van der Waals surface area contributed by atoms with Gasteiger partial charge in [-0.3, -0.25) is 9.89 Å². The molecule has 8 nitrogen and oxygen atoms in total. The minimum Gasteiger partial charge on any atom is -0.383 e. The van der Waals surface area contributed by atoms with Crippen LogP contribution in [0.4, 0.5) is 0 Å². The van der Waals surface area contributed by atoms with Crippen LogP contribution in [0.5, 0.6) is 0 Å². The molecule has 1 unspecified atom stereocenters. The van der Waals surface area contributed by atoms with Crippen molar-refractivity contribution in [2.24, 2.45) is 5.14 Å². The molecule has 20 heavy (non-hydrogen) atoms. The van der Waals surface area contributed by atoms with Gasteiger partial charge < -0.3 is 9.64 Å². The second-order valence-corrected chi connectivity index (χ2v) is 5.97. The second kappa shape index (κ2) is 6.33. The van der Waals surface area contributed by atoms with Crippen LogP contribution in [-0.2, 0) is 14.8 Å². The summed E-state index contributed by atoms with van der Waals surface area (Å²) in [5, 5.41) is 11.4. The Morgan fingerprint density at radius 1 is 1.55 bits per heavy atom. The van der Waals surface area contributed by atoms with Crippen molar-refractivity contribution >= 4 is 15.9 Å². The first-order chi connectivity index (χ1) is 9.23. The summed E-state index contributed by atoms with van der Waals surface area (Å²) in [4.78, 5) is 13.7. The standard InChI is InChI=1S/C11H20N4O4S/c1-5-15(7(2)6-19-4)11(16)9-10(20(12,17)18)8(3)13-14-9/h7H,5-6H2,1-4H3,(H,13,14)(H2,12,17,18). The number of primary sulfonamides is 1. The molecule has 1 rings (SSSR count). The van der Waals surface area contributed by atoms with Gasteiger partial charge in [-0.2, -0.15) is 5.10 Å². The number of aryl methyl sites for hydroxylation is 1. The zero-order valence-electron chi connectivity index (χ0n) is 12.0. The van der Waals surface area contributed by atoms with Gasteiger partial charge in [-0.15, -0.1) is 0 Å². The molecule has 3 N–H and O–H groups in total.